The lowest BCUT2D eigenvalue weighted by Crippen LogP contribution is -2.54. The van der Waals surface area contributed by atoms with Crippen LogP contribution < -0.4 is 9.64 Å². The number of piperazine rings is 1. The molecule has 0 aliphatic carbocycles. The highest BCUT2D eigenvalue weighted by Crippen LogP contribution is 2.33. The second-order valence-corrected chi connectivity index (χ2v) is 8.83. The molecule has 0 bridgehead atoms. The summed E-state index contributed by atoms with van der Waals surface area (Å²) < 4.78 is 18.6. The molecule has 0 spiro atoms. The third-order valence-corrected chi connectivity index (χ3v) is 6.55. The van der Waals surface area contributed by atoms with Gasteiger partial charge in [-0.1, -0.05) is 36.4 Å². The summed E-state index contributed by atoms with van der Waals surface area (Å²) in [5.41, 5.74) is 2.52. The molecule has 2 heterocycles. The Morgan fingerprint density at radius 1 is 0.971 bits per heavy atom. The maximum absolute atomic E-state index is 13.4. The molecule has 0 saturated carbocycles. The van der Waals surface area contributed by atoms with Crippen LogP contribution in [0, 0.1) is 5.82 Å². The van der Waals surface area contributed by atoms with Gasteiger partial charge in [0, 0.05) is 42.0 Å². The van der Waals surface area contributed by atoms with Gasteiger partial charge in [0.2, 0.25) is 5.91 Å². The molecule has 7 heteroatoms. The van der Waals surface area contributed by atoms with Gasteiger partial charge in [-0.15, -0.1) is 10.2 Å². The molecule has 1 aromatic heterocycles. The summed E-state index contributed by atoms with van der Waals surface area (Å²) in [6.45, 7) is 4.01. The lowest BCUT2D eigenvalue weighted by molar-refractivity contribution is -0.131. The number of hydrogen-bond donors (Lipinski definition) is 0. The summed E-state index contributed by atoms with van der Waals surface area (Å²) in [5.74, 6) is 1.42. The Morgan fingerprint density at radius 3 is 2.37 bits per heavy atom. The van der Waals surface area contributed by atoms with Gasteiger partial charge in [0.25, 0.3) is 0 Å². The fourth-order valence-electron chi connectivity index (χ4n) is 4.65. The van der Waals surface area contributed by atoms with Crippen LogP contribution in [0.4, 0.5) is 10.2 Å². The van der Waals surface area contributed by atoms with Crippen LogP contribution in [0.15, 0.2) is 72.8 Å². The number of aromatic nitrogens is 2. The molecular weight excluding hydrogens is 443 g/mol. The first-order valence-corrected chi connectivity index (χ1v) is 11.7. The molecule has 35 heavy (non-hydrogen) atoms. The molecule has 4 aromatic rings. The topological polar surface area (TPSA) is 58.6 Å². The first kappa shape index (κ1) is 22.8. The minimum Gasteiger partial charge on any atom is -0.497 e. The van der Waals surface area contributed by atoms with Gasteiger partial charge < -0.3 is 14.5 Å². The zero-order valence-corrected chi connectivity index (χ0v) is 19.8. The zero-order chi connectivity index (χ0) is 24.4. The lowest BCUT2D eigenvalue weighted by Gasteiger charge is -2.40. The Bertz CT molecular complexity index is 1340. The highest BCUT2D eigenvalue weighted by molar-refractivity contribution is 6.00. The van der Waals surface area contributed by atoms with Crippen molar-refractivity contribution >= 4 is 22.5 Å². The van der Waals surface area contributed by atoms with E-state index in [-0.39, 0.29) is 17.8 Å². The molecule has 1 amide bonds. The Kier molecular flexibility index (Phi) is 6.31. The smallest absolute Gasteiger partial charge is 0.227 e. The van der Waals surface area contributed by atoms with Crippen LogP contribution >= 0.6 is 0 Å². The number of hydrogen-bond acceptors (Lipinski definition) is 5. The molecule has 0 radical (unpaired) electrons. The van der Waals surface area contributed by atoms with Crippen LogP contribution in [0.1, 0.15) is 12.5 Å². The molecule has 178 valence electrons. The van der Waals surface area contributed by atoms with Crippen molar-refractivity contribution in [1.82, 2.24) is 15.1 Å². The predicted molar refractivity (Wildman–Crippen MR) is 135 cm³/mol. The van der Waals surface area contributed by atoms with Crippen molar-refractivity contribution in [3.8, 4) is 17.0 Å². The minimum atomic E-state index is -0.282. The van der Waals surface area contributed by atoms with Gasteiger partial charge in [-0.05, 0) is 48.9 Å². The molecule has 5 rings (SSSR count). The molecule has 1 atom stereocenters. The SMILES string of the molecule is COc1ccc(CC(=O)N2CCN(c3nnc(-c4ccc(F)cc4)c4ccccc34)[C@@H](C)C2)cc1. The molecule has 3 aromatic carbocycles. The van der Waals surface area contributed by atoms with E-state index in [1.54, 1.807) is 19.2 Å². The third kappa shape index (κ3) is 4.67. The minimum absolute atomic E-state index is 0.0814. The molecule has 0 unspecified atom stereocenters. The standard InChI is InChI=1S/C28H27FN4O2/c1-19-18-32(26(34)17-20-7-13-23(35-2)14-8-20)15-16-33(19)28-25-6-4-3-5-24(25)27(30-31-28)21-9-11-22(29)12-10-21/h3-14,19H,15-18H2,1-2H3/t19-/m0/s1. The first-order chi connectivity index (χ1) is 17.0. The number of ether oxygens (including phenoxy) is 1. The second-order valence-electron chi connectivity index (χ2n) is 8.83. The number of halogens is 1. The van der Waals surface area contributed by atoms with Gasteiger partial charge in [-0.2, -0.15) is 0 Å². The zero-order valence-electron chi connectivity index (χ0n) is 19.8. The van der Waals surface area contributed by atoms with E-state index in [0.717, 1.165) is 39.2 Å². The average Bonchev–Trinajstić information content (AvgIpc) is 2.89. The number of rotatable bonds is 5. The Hall–Kier alpha value is -4.00. The van der Waals surface area contributed by atoms with Crippen molar-refractivity contribution in [1.29, 1.82) is 0 Å². The van der Waals surface area contributed by atoms with Crippen LogP contribution in [0.3, 0.4) is 0 Å². The first-order valence-electron chi connectivity index (χ1n) is 11.7. The number of methoxy groups -OCH3 is 1. The van der Waals surface area contributed by atoms with Crippen LogP contribution in [0.25, 0.3) is 22.0 Å². The van der Waals surface area contributed by atoms with E-state index in [1.165, 1.54) is 12.1 Å². The van der Waals surface area contributed by atoms with Crippen molar-refractivity contribution in [2.24, 2.45) is 0 Å². The normalized spacial score (nSPS) is 15.9. The molecule has 1 saturated heterocycles. The van der Waals surface area contributed by atoms with E-state index in [2.05, 4.69) is 22.0 Å². The van der Waals surface area contributed by atoms with Gasteiger partial charge in [0.1, 0.15) is 17.3 Å². The van der Waals surface area contributed by atoms with E-state index < -0.39 is 0 Å². The largest absolute Gasteiger partial charge is 0.497 e. The van der Waals surface area contributed by atoms with Gasteiger partial charge in [0.05, 0.1) is 13.5 Å². The van der Waals surface area contributed by atoms with Crippen LogP contribution in [-0.4, -0.2) is 53.8 Å². The van der Waals surface area contributed by atoms with E-state index in [9.17, 15) is 9.18 Å². The molecular formula is C28H27FN4O2. The molecule has 1 aliphatic rings. The van der Waals surface area contributed by atoms with Crippen LogP contribution in [0.2, 0.25) is 0 Å². The Balaban J connectivity index is 1.35. The van der Waals surface area contributed by atoms with Crippen molar-refractivity contribution in [3.05, 3.63) is 84.2 Å². The molecule has 1 aliphatic heterocycles. The quantitative estimate of drug-likeness (QED) is 0.422. The van der Waals surface area contributed by atoms with E-state index in [0.29, 0.717) is 26.1 Å². The summed E-state index contributed by atoms with van der Waals surface area (Å²) in [6.07, 6.45) is 0.367. The summed E-state index contributed by atoms with van der Waals surface area (Å²) in [5, 5.41) is 11.1. The van der Waals surface area contributed by atoms with E-state index in [1.807, 2.05) is 53.4 Å². The number of fused-ring (bicyclic) bond motifs is 1. The number of carbonyl (C=O) groups is 1. The van der Waals surface area contributed by atoms with Crippen molar-refractivity contribution in [3.63, 3.8) is 0 Å². The number of amides is 1. The number of nitrogens with zero attached hydrogens (tertiary/aromatic N) is 4. The summed E-state index contributed by atoms with van der Waals surface area (Å²) in [7, 11) is 1.63. The van der Waals surface area contributed by atoms with Crippen LogP contribution in [0.5, 0.6) is 5.75 Å². The monoisotopic (exact) mass is 470 g/mol. The van der Waals surface area contributed by atoms with E-state index >= 15 is 0 Å². The van der Waals surface area contributed by atoms with Crippen LogP contribution in [-0.2, 0) is 11.2 Å². The average molecular weight is 471 g/mol. The third-order valence-electron chi connectivity index (χ3n) is 6.55. The van der Waals surface area contributed by atoms with Gasteiger partial charge in [0.15, 0.2) is 5.82 Å². The fourth-order valence-corrected chi connectivity index (χ4v) is 4.65. The molecule has 0 N–H and O–H groups in total. The number of anilines is 1. The maximum Gasteiger partial charge on any atom is 0.227 e. The van der Waals surface area contributed by atoms with Gasteiger partial charge in [-0.25, -0.2) is 4.39 Å². The second kappa shape index (κ2) is 9.70. The van der Waals surface area contributed by atoms with Gasteiger partial charge >= 0.3 is 0 Å². The summed E-state index contributed by atoms with van der Waals surface area (Å²) in [6, 6.07) is 22.0. The molecule has 1 fully saturated rings. The van der Waals surface area contributed by atoms with Gasteiger partial charge in [-0.3, -0.25) is 4.79 Å². The maximum atomic E-state index is 13.4. The van der Waals surface area contributed by atoms with E-state index in [4.69, 9.17) is 4.74 Å². The summed E-state index contributed by atoms with van der Waals surface area (Å²) >= 11 is 0. The predicted octanol–water partition coefficient (Wildman–Crippen LogP) is 4.72. The Labute approximate surface area is 204 Å². The van der Waals surface area contributed by atoms with Crippen molar-refractivity contribution < 1.29 is 13.9 Å². The van der Waals surface area contributed by atoms with Crippen molar-refractivity contribution in [2.75, 3.05) is 31.6 Å². The number of carbonyl (C=O) groups excluding carboxylic acids is 1. The highest BCUT2D eigenvalue weighted by Gasteiger charge is 2.29. The fraction of sp³-hybridized carbons (Fsp3) is 0.250. The Morgan fingerprint density at radius 2 is 1.69 bits per heavy atom. The highest BCUT2D eigenvalue weighted by atomic mass is 19.1. The lowest BCUT2D eigenvalue weighted by atomic mass is 10.0. The molecule has 6 nitrogen and oxygen atoms in total. The van der Waals surface area contributed by atoms with Crippen molar-refractivity contribution in [2.45, 2.75) is 19.4 Å². The number of benzene rings is 3. The summed E-state index contributed by atoms with van der Waals surface area (Å²) in [4.78, 5) is 17.1.